The molecule has 3 amide bonds. The van der Waals surface area contributed by atoms with Gasteiger partial charge in [0.25, 0.3) is 5.91 Å². The van der Waals surface area contributed by atoms with Crippen LogP contribution in [0.25, 0.3) is 0 Å². The maximum atomic E-state index is 13.2. The number of rotatable bonds is 16. The predicted molar refractivity (Wildman–Crippen MR) is 162 cm³/mol. The monoisotopic (exact) mass is 557 g/mol. The number of benzene rings is 3. The second-order valence-electron chi connectivity index (χ2n) is 10.3. The fraction of sp³-hybridized carbons (Fsp3) is 0.382. The molecule has 218 valence electrons. The van der Waals surface area contributed by atoms with Crippen molar-refractivity contribution >= 4 is 17.9 Å². The van der Waals surface area contributed by atoms with E-state index >= 15 is 0 Å². The number of hydrogen-bond donors (Lipinski definition) is 3. The first kappa shape index (κ1) is 31.4. The van der Waals surface area contributed by atoms with Gasteiger partial charge in [-0.3, -0.25) is 9.59 Å². The van der Waals surface area contributed by atoms with Gasteiger partial charge in [-0.25, -0.2) is 4.79 Å². The van der Waals surface area contributed by atoms with E-state index in [1.54, 1.807) is 0 Å². The molecule has 0 saturated carbocycles. The van der Waals surface area contributed by atoms with E-state index in [1.165, 1.54) is 18.4 Å². The topological polar surface area (TPSA) is 96.5 Å². The van der Waals surface area contributed by atoms with E-state index in [0.29, 0.717) is 31.4 Å². The van der Waals surface area contributed by atoms with Gasteiger partial charge < -0.3 is 20.7 Å². The van der Waals surface area contributed by atoms with Gasteiger partial charge in [0.15, 0.2) is 0 Å². The van der Waals surface area contributed by atoms with Crippen molar-refractivity contribution in [2.75, 3.05) is 6.54 Å². The van der Waals surface area contributed by atoms with E-state index in [9.17, 15) is 14.4 Å². The first-order valence-electron chi connectivity index (χ1n) is 14.7. The number of aryl methyl sites for hydroxylation is 1. The van der Waals surface area contributed by atoms with Crippen molar-refractivity contribution < 1.29 is 19.1 Å². The van der Waals surface area contributed by atoms with Crippen LogP contribution in [0.15, 0.2) is 84.9 Å². The molecule has 2 unspecified atom stereocenters. The molecule has 0 saturated heterocycles. The molecule has 0 aliphatic heterocycles. The van der Waals surface area contributed by atoms with E-state index in [1.807, 2.05) is 91.9 Å². The molecule has 0 heterocycles. The summed E-state index contributed by atoms with van der Waals surface area (Å²) in [5.41, 5.74) is 3.72. The Morgan fingerprint density at radius 3 is 2.12 bits per heavy atom. The van der Waals surface area contributed by atoms with Crippen LogP contribution in [0.1, 0.15) is 85.5 Å². The quantitative estimate of drug-likeness (QED) is 0.175. The maximum Gasteiger partial charge on any atom is 0.408 e. The second-order valence-corrected chi connectivity index (χ2v) is 10.3. The maximum absolute atomic E-state index is 13.2. The molecule has 0 aromatic heterocycles. The first-order chi connectivity index (χ1) is 20.0. The number of ether oxygens (including phenoxy) is 1. The van der Waals surface area contributed by atoms with Crippen LogP contribution in [-0.4, -0.2) is 30.5 Å². The van der Waals surface area contributed by atoms with Gasteiger partial charge in [0.05, 0.1) is 6.04 Å². The third-order valence-electron chi connectivity index (χ3n) is 6.97. The number of carbonyl (C=O) groups excluding carboxylic acids is 3. The summed E-state index contributed by atoms with van der Waals surface area (Å²) < 4.78 is 5.35. The third kappa shape index (κ3) is 11.5. The minimum absolute atomic E-state index is 0.112. The highest BCUT2D eigenvalue weighted by Crippen LogP contribution is 2.13. The highest BCUT2D eigenvalue weighted by Gasteiger charge is 2.23. The fourth-order valence-electron chi connectivity index (χ4n) is 4.49. The van der Waals surface area contributed by atoms with Crippen molar-refractivity contribution in [2.45, 2.75) is 77.5 Å². The average Bonchev–Trinajstić information content (AvgIpc) is 3.00. The Balaban J connectivity index is 1.48. The molecule has 0 spiro atoms. The summed E-state index contributed by atoms with van der Waals surface area (Å²) in [4.78, 5) is 38.3. The lowest BCUT2D eigenvalue weighted by Crippen LogP contribution is -2.47. The van der Waals surface area contributed by atoms with Gasteiger partial charge in [-0.05, 0) is 67.9 Å². The number of hydrogen-bond acceptors (Lipinski definition) is 4. The Bertz CT molecular complexity index is 1200. The van der Waals surface area contributed by atoms with Crippen molar-refractivity contribution in [1.82, 2.24) is 16.0 Å². The number of alkyl carbamates (subject to hydrolysis) is 1. The van der Waals surface area contributed by atoms with Gasteiger partial charge in [-0.15, -0.1) is 0 Å². The number of unbranched alkanes of at least 4 members (excludes halogenated alkanes) is 3. The van der Waals surface area contributed by atoms with Gasteiger partial charge in [0, 0.05) is 12.1 Å². The van der Waals surface area contributed by atoms with E-state index in [0.717, 1.165) is 24.0 Å². The highest BCUT2D eigenvalue weighted by atomic mass is 16.5. The summed E-state index contributed by atoms with van der Waals surface area (Å²) in [6, 6.07) is 25.9. The van der Waals surface area contributed by atoms with Crippen LogP contribution in [0.3, 0.4) is 0 Å². The Morgan fingerprint density at radius 1 is 0.756 bits per heavy atom. The van der Waals surface area contributed by atoms with Crippen LogP contribution in [0, 0.1) is 0 Å². The van der Waals surface area contributed by atoms with E-state index in [2.05, 4.69) is 22.9 Å². The van der Waals surface area contributed by atoms with Crippen molar-refractivity contribution in [3.8, 4) is 0 Å². The molecule has 0 aliphatic rings. The molecule has 41 heavy (non-hydrogen) atoms. The van der Waals surface area contributed by atoms with Crippen molar-refractivity contribution in [3.63, 3.8) is 0 Å². The first-order valence-corrected chi connectivity index (χ1v) is 14.7. The summed E-state index contributed by atoms with van der Waals surface area (Å²) in [6.07, 6.45) is 5.65. The Labute approximate surface area is 244 Å². The Hall–Kier alpha value is -4.13. The highest BCUT2D eigenvalue weighted by molar-refractivity contribution is 5.94. The molecular formula is C34H43N3O4. The molecule has 2 atom stereocenters. The molecule has 0 bridgehead atoms. The number of carbonyl (C=O) groups is 3. The fourth-order valence-corrected chi connectivity index (χ4v) is 4.49. The molecule has 0 radical (unpaired) electrons. The van der Waals surface area contributed by atoms with Crippen LogP contribution in [0.4, 0.5) is 4.79 Å². The molecule has 3 aromatic carbocycles. The molecule has 7 heteroatoms. The van der Waals surface area contributed by atoms with Gasteiger partial charge >= 0.3 is 6.09 Å². The molecule has 0 aliphatic carbocycles. The summed E-state index contributed by atoms with van der Waals surface area (Å²) in [5.74, 6) is -0.389. The largest absolute Gasteiger partial charge is 0.445 e. The molecule has 3 N–H and O–H groups in total. The lowest BCUT2D eigenvalue weighted by molar-refractivity contribution is -0.123. The second kappa shape index (κ2) is 17.5. The summed E-state index contributed by atoms with van der Waals surface area (Å²) >= 11 is 0. The van der Waals surface area contributed by atoms with Gasteiger partial charge in [-0.2, -0.15) is 0 Å². The molecular weight excluding hydrogens is 514 g/mol. The molecule has 3 rings (SSSR count). The van der Waals surface area contributed by atoms with E-state index in [-0.39, 0.29) is 24.5 Å². The zero-order valence-corrected chi connectivity index (χ0v) is 24.2. The minimum Gasteiger partial charge on any atom is -0.445 e. The van der Waals surface area contributed by atoms with Crippen LogP contribution in [0.2, 0.25) is 0 Å². The number of nitrogens with one attached hydrogen (secondary N) is 3. The smallest absolute Gasteiger partial charge is 0.408 e. The minimum atomic E-state index is -0.764. The van der Waals surface area contributed by atoms with Crippen molar-refractivity contribution in [2.24, 2.45) is 0 Å². The Kier molecular flexibility index (Phi) is 13.4. The van der Waals surface area contributed by atoms with Crippen LogP contribution in [0.5, 0.6) is 0 Å². The van der Waals surface area contributed by atoms with Crippen molar-refractivity contribution in [3.05, 3.63) is 107 Å². The lowest BCUT2D eigenvalue weighted by Gasteiger charge is -2.21. The third-order valence-corrected chi connectivity index (χ3v) is 6.97. The SMILES string of the molecule is CCCCCc1ccc(C(=O)NCCCCC(NC(=O)OCc2ccccc2)C(=O)NC(C)c2ccccc2)cc1. The van der Waals surface area contributed by atoms with E-state index in [4.69, 9.17) is 4.74 Å². The van der Waals surface area contributed by atoms with Crippen LogP contribution in [-0.2, 0) is 22.6 Å². The zero-order valence-electron chi connectivity index (χ0n) is 24.2. The normalized spacial score (nSPS) is 12.1. The van der Waals surface area contributed by atoms with Crippen LogP contribution < -0.4 is 16.0 Å². The van der Waals surface area contributed by atoms with Gasteiger partial charge in [-0.1, -0.05) is 92.6 Å². The van der Waals surface area contributed by atoms with Gasteiger partial charge in [0.1, 0.15) is 12.6 Å². The van der Waals surface area contributed by atoms with Gasteiger partial charge in [0.2, 0.25) is 5.91 Å². The summed E-state index contributed by atoms with van der Waals surface area (Å²) in [5, 5.41) is 8.68. The van der Waals surface area contributed by atoms with Crippen molar-refractivity contribution in [1.29, 1.82) is 0 Å². The summed E-state index contributed by atoms with van der Waals surface area (Å²) in [6.45, 7) is 4.69. The van der Waals surface area contributed by atoms with Crippen LogP contribution >= 0.6 is 0 Å². The molecule has 7 nitrogen and oxygen atoms in total. The lowest BCUT2D eigenvalue weighted by atomic mass is 10.0. The standard InChI is InChI=1S/C34H43N3O4/c1-3-4-7-14-27-20-22-30(23-21-27)32(38)35-24-13-12-19-31(33(39)36-26(2)29-17-10-6-11-18-29)37-34(40)41-25-28-15-8-5-9-16-28/h5-6,8-11,15-18,20-23,26,31H,3-4,7,12-14,19,24-25H2,1-2H3,(H,35,38)(H,36,39)(H,37,40). The summed E-state index contributed by atoms with van der Waals surface area (Å²) in [7, 11) is 0. The number of amides is 3. The van der Waals surface area contributed by atoms with E-state index < -0.39 is 12.1 Å². The molecule has 0 fully saturated rings. The Morgan fingerprint density at radius 2 is 1.44 bits per heavy atom. The average molecular weight is 558 g/mol. The predicted octanol–water partition coefficient (Wildman–Crippen LogP) is 6.49. The molecule has 3 aromatic rings. The zero-order chi connectivity index (χ0) is 29.3.